The predicted molar refractivity (Wildman–Crippen MR) is 146 cm³/mol. The molecule has 0 unspecified atom stereocenters. The number of fused-ring (bicyclic) bond motifs is 6. The van der Waals surface area contributed by atoms with E-state index in [9.17, 15) is 0 Å². The van der Waals surface area contributed by atoms with Crippen LogP contribution >= 0.6 is 0 Å². The maximum Gasteiger partial charge on any atom is 0.137 e. The molecule has 7 rings (SSSR count). The summed E-state index contributed by atoms with van der Waals surface area (Å²) in [6.07, 6.45) is 0. The maximum absolute atomic E-state index is 8.50. The summed E-state index contributed by atoms with van der Waals surface area (Å²) >= 11 is 0. The molecule has 0 saturated heterocycles. The lowest BCUT2D eigenvalue weighted by atomic mass is 9.82. The molecule has 0 bridgehead atoms. The zero-order valence-corrected chi connectivity index (χ0v) is 18.4. The van der Waals surface area contributed by atoms with Crippen molar-refractivity contribution in [2.45, 2.75) is 19.1 Å². The normalized spacial score (nSPS) is 18.9. The van der Waals surface area contributed by atoms with Crippen molar-refractivity contribution in [3.8, 4) is 22.3 Å². The molecule has 6 aromatic rings. The van der Waals surface area contributed by atoms with E-state index in [-0.39, 0.29) is 28.8 Å². The lowest BCUT2D eigenvalue weighted by molar-refractivity contribution is 0.660. The van der Waals surface area contributed by atoms with Gasteiger partial charge in [0.25, 0.3) is 0 Å². The first-order chi connectivity index (χ1) is 21.7. The number of hydrogen-bond acceptors (Lipinski definition) is 2. The summed E-state index contributed by atoms with van der Waals surface area (Å²) in [4.78, 5) is 0. The molecule has 0 atom stereocenters. The number of nitrogens with one attached hydrogen (secondary N) is 1. The molecular weight excluding hydrogens is 426 g/mol. The van der Waals surface area contributed by atoms with Crippen LogP contribution in [0.15, 0.2) is 113 Å². The van der Waals surface area contributed by atoms with E-state index in [0.29, 0.717) is 50.0 Å². The van der Waals surface area contributed by atoms with Crippen molar-refractivity contribution in [2.75, 3.05) is 5.32 Å². The summed E-state index contributed by atoms with van der Waals surface area (Å²) in [6.45, 7) is -5.78. The van der Waals surface area contributed by atoms with Gasteiger partial charge in [0.15, 0.2) is 0 Å². The van der Waals surface area contributed by atoms with Gasteiger partial charge >= 0.3 is 0 Å². The first-order valence-corrected chi connectivity index (χ1v) is 11.2. The van der Waals surface area contributed by atoms with Crippen LogP contribution in [-0.2, 0) is 5.41 Å². The van der Waals surface area contributed by atoms with Crippen molar-refractivity contribution in [1.29, 1.82) is 0 Å². The molecule has 35 heavy (non-hydrogen) atoms. The zero-order valence-electron chi connectivity index (χ0n) is 29.4. The number of benzene rings is 5. The van der Waals surface area contributed by atoms with Gasteiger partial charge in [-0.3, -0.25) is 0 Å². The minimum atomic E-state index is -2.89. The second kappa shape index (κ2) is 7.35. The first kappa shape index (κ1) is 11.9. The van der Waals surface area contributed by atoms with E-state index in [2.05, 4.69) is 5.32 Å². The maximum atomic E-state index is 8.50. The van der Waals surface area contributed by atoms with E-state index in [0.717, 1.165) is 0 Å². The summed E-state index contributed by atoms with van der Waals surface area (Å²) in [5.74, 6) is 0. The molecule has 0 saturated carbocycles. The molecule has 168 valence electrons. The predicted octanol–water partition coefficient (Wildman–Crippen LogP) is 9.30. The Bertz CT molecular complexity index is 2190. The lowest BCUT2D eigenvalue weighted by Crippen LogP contribution is -2.15. The Morgan fingerprint density at radius 2 is 1.60 bits per heavy atom. The highest BCUT2D eigenvalue weighted by Crippen LogP contribution is 2.49. The number of rotatable bonds is 3. The molecule has 0 fully saturated rings. The van der Waals surface area contributed by atoms with E-state index in [1.54, 1.807) is 78.9 Å². The van der Waals surface area contributed by atoms with Gasteiger partial charge in [0, 0.05) is 24.7 Å². The first-order valence-electron chi connectivity index (χ1n) is 16.7. The van der Waals surface area contributed by atoms with E-state index < -0.39 is 37.2 Å². The van der Waals surface area contributed by atoms with Crippen LogP contribution in [-0.4, -0.2) is 0 Å². The molecule has 1 aliphatic rings. The van der Waals surface area contributed by atoms with Gasteiger partial charge in [-0.25, -0.2) is 0 Å². The molecular formula is C33H25NO. The van der Waals surface area contributed by atoms with Crippen LogP contribution in [0.3, 0.4) is 0 Å². The van der Waals surface area contributed by atoms with Gasteiger partial charge in [-0.15, -0.1) is 0 Å². The Labute approximate surface area is 220 Å². The molecule has 1 aliphatic carbocycles. The van der Waals surface area contributed by atoms with Gasteiger partial charge in [0.2, 0.25) is 0 Å². The molecule has 0 radical (unpaired) electrons. The summed E-state index contributed by atoms with van der Waals surface area (Å²) < 4.78 is 98.1. The Morgan fingerprint density at radius 3 is 2.49 bits per heavy atom. The monoisotopic (exact) mass is 462 g/mol. The third-order valence-corrected chi connectivity index (χ3v) is 6.61. The third-order valence-electron chi connectivity index (χ3n) is 6.61. The highest BCUT2D eigenvalue weighted by molar-refractivity contribution is 6.13. The highest BCUT2D eigenvalue weighted by Gasteiger charge is 2.35. The average Bonchev–Trinajstić information content (AvgIpc) is 3.53. The number of hydrogen-bond donors (Lipinski definition) is 1. The van der Waals surface area contributed by atoms with E-state index >= 15 is 0 Å². The number of anilines is 2. The van der Waals surface area contributed by atoms with Gasteiger partial charge in [-0.1, -0.05) is 86.4 Å². The van der Waals surface area contributed by atoms with Crippen LogP contribution in [0, 0.1) is 0 Å². The second-order valence-corrected chi connectivity index (χ2v) is 8.67. The molecule has 0 spiro atoms. The SMILES string of the molecule is [2H]c1c([2H])c([2H])c(-c2ccc3oc4cccc(Nc5ccc6c(c5)C(C([2H])([2H])[2H])(C([2H])([2H])[2H])c5ccccc5-6)c4c3c2)c([2H])c1[2H]. The average molecular weight is 463 g/mol. The Morgan fingerprint density at radius 1 is 0.743 bits per heavy atom. The van der Waals surface area contributed by atoms with Crippen LogP contribution in [0.25, 0.3) is 44.2 Å². The van der Waals surface area contributed by atoms with Gasteiger partial charge in [-0.05, 0) is 69.8 Å². The highest BCUT2D eigenvalue weighted by atomic mass is 16.3. The molecule has 0 aliphatic heterocycles. The Kier molecular flexibility index (Phi) is 2.50. The Hall–Kier alpha value is -4.30. The molecule has 1 aromatic heterocycles. The molecule has 2 heteroatoms. The fourth-order valence-electron chi connectivity index (χ4n) is 4.99. The molecule has 5 aromatic carbocycles. The lowest BCUT2D eigenvalue weighted by Gasteiger charge is -2.22. The smallest absolute Gasteiger partial charge is 0.137 e. The van der Waals surface area contributed by atoms with E-state index in [4.69, 9.17) is 19.5 Å². The summed E-state index contributed by atoms with van der Waals surface area (Å²) in [6, 6.07) is 20.3. The van der Waals surface area contributed by atoms with Crippen LogP contribution in [0.4, 0.5) is 11.4 Å². The largest absolute Gasteiger partial charge is 0.456 e. The molecule has 1 heterocycles. The van der Waals surface area contributed by atoms with Crippen molar-refractivity contribution in [1.82, 2.24) is 0 Å². The quantitative estimate of drug-likeness (QED) is 0.283. The summed E-state index contributed by atoms with van der Waals surface area (Å²) in [5, 5.41) is 4.61. The third kappa shape index (κ3) is 3.03. The van der Waals surface area contributed by atoms with Crippen molar-refractivity contribution in [3.63, 3.8) is 0 Å². The summed E-state index contributed by atoms with van der Waals surface area (Å²) in [5.41, 5.74) is 1.86. The van der Waals surface area contributed by atoms with Crippen LogP contribution < -0.4 is 5.32 Å². The Balaban J connectivity index is 1.40. The standard InChI is InChI=1S/C33H25NO/c1-33(2)27-12-7-6-11-24(27)25-17-16-23(20-28(25)33)34-29-13-8-14-31-32(29)26-19-22(15-18-30(26)35-31)21-9-4-3-5-10-21/h3-20,34H,1-2H3/i1D3,2D3,3D,4D,5D,9D,10D. The zero-order chi connectivity index (χ0) is 32.9. The second-order valence-electron chi connectivity index (χ2n) is 8.67. The molecule has 0 amide bonds. The van der Waals surface area contributed by atoms with Gasteiger partial charge in [-0.2, -0.15) is 0 Å². The van der Waals surface area contributed by atoms with Crippen LogP contribution in [0.5, 0.6) is 0 Å². The van der Waals surface area contributed by atoms with Crippen molar-refractivity contribution < 1.29 is 19.5 Å². The van der Waals surface area contributed by atoms with E-state index in [1.807, 2.05) is 0 Å². The van der Waals surface area contributed by atoms with Gasteiger partial charge in [0.1, 0.15) is 11.2 Å². The topological polar surface area (TPSA) is 25.2 Å². The number of furan rings is 1. The van der Waals surface area contributed by atoms with E-state index in [1.165, 1.54) is 0 Å². The minimum absolute atomic E-state index is 0.0662. The fourth-order valence-corrected chi connectivity index (χ4v) is 4.99. The van der Waals surface area contributed by atoms with Crippen molar-refractivity contribution >= 4 is 33.3 Å². The summed E-state index contributed by atoms with van der Waals surface area (Å²) in [7, 11) is 0. The minimum Gasteiger partial charge on any atom is -0.456 e. The fraction of sp³-hybridized carbons (Fsp3) is 0.0909. The van der Waals surface area contributed by atoms with Crippen molar-refractivity contribution in [3.05, 3.63) is 120 Å². The molecule has 2 nitrogen and oxygen atoms in total. The van der Waals surface area contributed by atoms with Gasteiger partial charge < -0.3 is 9.73 Å². The van der Waals surface area contributed by atoms with Crippen molar-refractivity contribution in [2.24, 2.45) is 0 Å². The van der Waals surface area contributed by atoms with Gasteiger partial charge in [0.05, 0.1) is 17.9 Å². The van der Waals surface area contributed by atoms with Crippen LogP contribution in [0.1, 0.15) is 39.9 Å². The van der Waals surface area contributed by atoms with Crippen LogP contribution in [0.2, 0.25) is 0 Å². The molecule has 1 N–H and O–H groups in total.